The zero-order chi connectivity index (χ0) is 18.4. The van der Waals surface area contributed by atoms with Crippen molar-refractivity contribution in [3.63, 3.8) is 0 Å². The molecule has 1 saturated heterocycles. The lowest BCUT2D eigenvalue weighted by molar-refractivity contribution is -0.139. The molecule has 1 N–H and O–H groups in total. The van der Waals surface area contributed by atoms with Crippen molar-refractivity contribution in [1.82, 2.24) is 9.80 Å². The van der Waals surface area contributed by atoms with Gasteiger partial charge in [-0.1, -0.05) is 30.3 Å². The minimum atomic E-state index is -1.40. The van der Waals surface area contributed by atoms with E-state index in [0.717, 1.165) is 15.7 Å². The molecule has 1 aliphatic rings. The van der Waals surface area contributed by atoms with Gasteiger partial charge in [-0.25, -0.2) is 4.79 Å². The molecular weight excluding hydrogens is 324 g/mol. The summed E-state index contributed by atoms with van der Waals surface area (Å²) in [6.45, 7) is 2.19. The van der Waals surface area contributed by atoms with Crippen LogP contribution in [0.15, 0.2) is 42.5 Å². The minimum absolute atomic E-state index is 0.188. The molecule has 1 fully saturated rings. The molecule has 7 heteroatoms. The molecule has 128 valence electrons. The lowest BCUT2D eigenvalue weighted by atomic mass is 10.0. The number of carboxylic acids is 1. The maximum atomic E-state index is 12.7. The summed E-state index contributed by atoms with van der Waals surface area (Å²) in [5.74, 6) is -2.76. The Morgan fingerprint density at radius 1 is 1.04 bits per heavy atom. The van der Waals surface area contributed by atoms with Gasteiger partial charge in [0.05, 0.1) is 0 Å². The summed E-state index contributed by atoms with van der Waals surface area (Å²) < 4.78 is 0. The van der Waals surface area contributed by atoms with Crippen molar-refractivity contribution in [2.75, 3.05) is 6.54 Å². The highest BCUT2D eigenvalue weighted by atomic mass is 16.4. The van der Waals surface area contributed by atoms with Gasteiger partial charge in [-0.2, -0.15) is 4.90 Å². The summed E-state index contributed by atoms with van der Waals surface area (Å²) in [4.78, 5) is 50.2. The van der Waals surface area contributed by atoms with Crippen LogP contribution in [0, 0.1) is 0 Å². The van der Waals surface area contributed by atoms with Gasteiger partial charge in [0.25, 0.3) is 11.8 Å². The Hall–Kier alpha value is -3.22. The lowest BCUT2D eigenvalue weighted by Gasteiger charge is -2.25. The van der Waals surface area contributed by atoms with Crippen molar-refractivity contribution in [2.45, 2.75) is 19.4 Å². The van der Waals surface area contributed by atoms with E-state index < -0.39 is 35.9 Å². The van der Waals surface area contributed by atoms with Gasteiger partial charge >= 0.3 is 12.0 Å². The van der Waals surface area contributed by atoms with Crippen molar-refractivity contribution in [3.05, 3.63) is 48.0 Å². The minimum Gasteiger partial charge on any atom is -0.480 e. The normalized spacial score (nSPS) is 16.6. The van der Waals surface area contributed by atoms with Crippen LogP contribution in [0.4, 0.5) is 4.79 Å². The second kappa shape index (κ2) is 5.70. The quantitative estimate of drug-likeness (QED) is 0.682. The van der Waals surface area contributed by atoms with Crippen LogP contribution in [0.1, 0.15) is 24.2 Å². The molecule has 2 aromatic carbocycles. The molecule has 2 aromatic rings. The number of hydrogen-bond acceptors (Lipinski definition) is 4. The van der Waals surface area contributed by atoms with Crippen LogP contribution in [0.3, 0.4) is 0 Å². The number of benzene rings is 2. The zero-order valence-electron chi connectivity index (χ0n) is 13.7. The van der Waals surface area contributed by atoms with Crippen LogP contribution in [0.2, 0.25) is 0 Å². The molecule has 3 rings (SSSR count). The van der Waals surface area contributed by atoms with Gasteiger partial charge in [-0.3, -0.25) is 19.3 Å². The molecular formula is C18H16N2O5. The fourth-order valence-corrected chi connectivity index (χ4v) is 2.87. The molecule has 0 atom stereocenters. The monoisotopic (exact) mass is 340 g/mol. The number of imide groups is 3. The van der Waals surface area contributed by atoms with Crippen LogP contribution in [0.25, 0.3) is 10.8 Å². The molecule has 0 spiro atoms. The molecule has 0 radical (unpaired) electrons. The Bertz CT molecular complexity index is 919. The number of nitrogens with zero attached hydrogens (tertiary/aromatic N) is 2. The van der Waals surface area contributed by atoms with Crippen molar-refractivity contribution >= 4 is 34.6 Å². The largest absolute Gasteiger partial charge is 0.480 e. The number of amides is 4. The van der Waals surface area contributed by atoms with Crippen molar-refractivity contribution in [1.29, 1.82) is 0 Å². The average molecular weight is 340 g/mol. The number of carboxylic acid groups (broad SMARTS) is 1. The number of fused-ring (bicyclic) bond motifs is 1. The molecule has 4 amide bonds. The molecule has 0 unspecified atom stereocenters. The number of hydrogen-bond donors (Lipinski definition) is 1. The molecule has 0 aromatic heterocycles. The highest BCUT2D eigenvalue weighted by Crippen LogP contribution is 2.29. The van der Waals surface area contributed by atoms with Crippen LogP contribution < -0.4 is 0 Å². The summed E-state index contributed by atoms with van der Waals surface area (Å²) in [7, 11) is 0. The van der Waals surface area contributed by atoms with Gasteiger partial charge in [0, 0.05) is 5.56 Å². The van der Waals surface area contributed by atoms with Crippen LogP contribution in [-0.2, 0) is 9.59 Å². The third-order valence-electron chi connectivity index (χ3n) is 4.32. The average Bonchev–Trinajstić information content (AvgIpc) is 2.73. The predicted molar refractivity (Wildman–Crippen MR) is 88.9 cm³/mol. The first-order valence-electron chi connectivity index (χ1n) is 7.64. The van der Waals surface area contributed by atoms with E-state index in [9.17, 15) is 19.2 Å². The van der Waals surface area contributed by atoms with E-state index in [1.54, 1.807) is 12.1 Å². The summed E-state index contributed by atoms with van der Waals surface area (Å²) in [5, 5.41) is 10.7. The first kappa shape index (κ1) is 16.6. The number of aliphatic carboxylic acids is 1. The van der Waals surface area contributed by atoms with Gasteiger partial charge in [0.1, 0.15) is 12.1 Å². The molecule has 0 saturated carbocycles. The van der Waals surface area contributed by atoms with Gasteiger partial charge in [0.2, 0.25) is 0 Å². The van der Waals surface area contributed by atoms with E-state index in [-0.39, 0.29) is 5.56 Å². The van der Waals surface area contributed by atoms with Crippen LogP contribution >= 0.6 is 0 Å². The summed E-state index contributed by atoms with van der Waals surface area (Å²) in [6, 6.07) is 11.3. The molecule has 1 aliphatic heterocycles. The Balaban J connectivity index is 1.99. The summed E-state index contributed by atoms with van der Waals surface area (Å²) in [5.41, 5.74) is -1.21. The van der Waals surface area contributed by atoms with E-state index >= 15 is 0 Å². The van der Waals surface area contributed by atoms with Crippen molar-refractivity contribution < 1.29 is 24.3 Å². The third-order valence-corrected chi connectivity index (χ3v) is 4.32. The van der Waals surface area contributed by atoms with E-state index in [4.69, 9.17) is 5.11 Å². The second-order valence-corrected chi connectivity index (χ2v) is 6.33. The summed E-state index contributed by atoms with van der Waals surface area (Å²) >= 11 is 0. The van der Waals surface area contributed by atoms with E-state index in [1.807, 2.05) is 24.3 Å². The number of rotatable bonds is 3. The van der Waals surface area contributed by atoms with E-state index in [1.165, 1.54) is 19.9 Å². The Labute approximate surface area is 143 Å². The van der Waals surface area contributed by atoms with Gasteiger partial charge in [-0.15, -0.1) is 0 Å². The number of carbonyl (C=O) groups is 4. The molecule has 0 aliphatic carbocycles. The topological polar surface area (TPSA) is 95.0 Å². The Morgan fingerprint density at radius 2 is 1.68 bits per heavy atom. The second-order valence-electron chi connectivity index (χ2n) is 6.33. The van der Waals surface area contributed by atoms with Crippen LogP contribution in [-0.4, -0.2) is 50.8 Å². The van der Waals surface area contributed by atoms with Gasteiger partial charge in [-0.05, 0) is 36.8 Å². The van der Waals surface area contributed by atoms with Crippen LogP contribution in [0.5, 0.6) is 0 Å². The SMILES string of the molecule is CC1(C)C(=O)N(C(=O)c2ccc3ccccc3c2)C(=O)N1CC(=O)O. The summed E-state index contributed by atoms with van der Waals surface area (Å²) in [6.07, 6.45) is 0. The third kappa shape index (κ3) is 2.63. The molecule has 25 heavy (non-hydrogen) atoms. The first-order valence-corrected chi connectivity index (χ1v) is 7.64. The standard InChI is InChI=1S/C18H16N2O5/c1-18(2)16(24)20(17(25)19(18)10-14(21)22)15(23)13-8-7-11-5-3-4-6-12(11)9-13/h3-9H,10H2,1-2H3,(H,21,22). The number of carbonyl (C=O) groups excluding carboxylic acids is 3. The fourth-order valence-electron chi connectivity index (χ4n) is 2.87. The van der Waals surface area contributed by atoms with E-state index in [0.29, 0.717) is 4.90 Å². The van der Waals surface area contributed by atoms with Gasteiger partial charge < -0.3 is 5.11 Å². The Morgan fingerprint density at radius 3 is 2.32 bits per heavy atom. The maximum absolute atomic E-state index is 12.7. The molecule has 1 heterocycles. The maximum Gasteiger partial charge on any atom is 0.335 e. The van der Waals surface area contributed by atoms with Gasteiger partial charge in [0.15, 0.2) is 0 Å². The Kier molecular flexibility index (Phi) is 3.79. The van der Waals surface area contributed by atoms with Crippen molar-refractivity contribution in [2.24, 2.45) is 0 Å². The van der Waals surface area contributed by atoms with E-state index in [2.05, 4.69) is 0 Å². The first-order chi connectivity index (χ1) is 11.7. The number of urea groups is 1. The molecule has 7 nitrogen and oxygen atoms in total. The smallest absolute Gasteiger partial charge is 0.335 e. The predicted octanol–water partition coefficient (Wildman–Crippen LogP) is 2.11. The fraction of sp³-hybridized carbons (Fsp3) is 0.222. The highest BCUT2D eigenvalue weighted by molar-refractivity contribution is 6.22. The lowest BCUT2D eigenvalue weighted by Crippen LogP contribution is -2.46. The highest BCUT2D eigenvalue weighted by Gasteiger charge is 2.54. The van der Waals surface area contributed by atoms with Crippen molar-refractivity contribution in [3.8, 4) is 0 Å². The molecule has 0 bridgehead atoms. The zero-order valence-corrected chi connectivity index (χ0v) is 13.7.